The minimum absolute atomic E-state index is 0.313. The summed E-state index contributed by atoms with van der Waals surface area (Å²) in [5, 5.41) is 0.488. The third-order valence-corrected chi connectivity index (χ3v) is 6.59. The van der Waals surface area contributed by atoms with Gasteiger partial charge in [-0.25, -0.2) is 8.42 Å². The number of hydrogen-bond donors (Lipinski definition) is 0. The number of pyridine rings is 1. The SMILES string of the molecule is Cc1cccc(S(=O)(=O)N2CCC(COc3ccncc3Cl)CC2)c1. The van der Waals surface area contributed by atoms with Gasteiger partial charge in [-0.15, -0.1) is 0 Å². The lowest BCUT2D eigenvalue weighted by molar-refractivity contribution is 0.185. The van der Waals surface area contributed by atoms with Crippen molar-refractivity contribution in [1.29, 1.82) is 0 Å². The van der Waals surface area contributed by atoms with E-state index in [2.05, 4.69) is 4.98 Å². The number of halogens is 1. The van der Waals surface area contributed by atoms with E-state index in [1.54, 1.807) is 41.0 Å². The second kappa shape index (κ2) is 7.72. The van der Waals surface area contributed by atoms with Gasteiger partial charge >= 0.3 is 0 Å². The molecule has 0 bridgehead atoms. The standard InChI is InChI=1S/C18H21ClN2O3S/c1-14-3-2-4-16(11-14)25(22,23)21-9-6-15(7-10-21)13-24-18-5-8-20-12-17(18)19/h2-5,8,11-12,15H,6-7,9-10,13H2,1H3. The van der Waals surface area contributed by atoms with Gasteiger partial charge in [-0.1, -0.05) is 23.7 Å². The Morgan fingerprint density at radius 2 is 2.04 bits per heavy atom. The van der Waals surface area contributed by atoms with Gasteiger partial charge in [0.15, 0.2) is 0 Å². The molecule has 0 aliphatic carbocycles. The highest BCUT2D eigenvalue weighted by molar-refractivity contribution is 7.89. The molecule has 134 valence electrons. The number of hydrogen-bond acceptors (Lipinski definition) is 4. The van der Waals surface area contributed by atoms with Crippen LogP contribution in [-0.4, -0.2) is 37.4 Å². The molecule has 1 saturated heterocycles. The van der Waals surface area contributed by atoms with Crippen molar-refractivity contribution in [3.63, 3.8) is 0 Å². The van der Waals surface area contributed by atoms with E-state index in [9.17, 15) is 8.42 Å². The number of benzene rings is 1. The molecule has 1 aliphatic heterocycles. The van der Waals surface area contributed by atoms with Gasteiger partial charge in [-0.05, 0) is 43.4 Å². The zero-order valence-corrected chi connectivity index (χ0v) is 15.6. The highest BCUT2D eigenvalue weighted by Crippen LogP contribution is 2.27. The van der Waals surface area contributed by atoms with E-state index in [4.69, 9.17) is 16.3 Å². The van der Waals surface area contributed by atoms with E-state index in [1.807, 2.05) is 13.0 Å². The fraction of sp³-hybridized carbons (Fsp3) is 0.389. The number of nitrogens with zero attached hydrogens (tertiary/aromatic N) is 2. The minimum atomic E-state index is -3.42. The third-order valence-electron chi connectivity index (χ3n) is 4.41. The first kappa shape index (κ1) is 18.2. The van der Waals surface area contributed by atoms with Crippen molar-refractivity contribution in [3.8, 4) is 5.75 Å². The van der Waals surface area contributed by atoms with Crippen molar-refractivity contribution < 1.29 is 13.2 Å². The smallest absolute Gasteiger partial charge is 0.243 e. The van der Waals surface area contributed by atoms with Crippen molar-refractivity contribution >= 4 is 21.6 Å². The van der Waals surface area contributed by atoms with E-state index >= 15 is 0 Å². The summed E-state index contributed by atoms with van der Waals surface area (Å²) in [6.07, 6.45) is 4.73. The van der Waals surface area contributed by atoms with Crippen molar-refractivity contribution in [1.82, 2.24) is 9.29 Å². The van der Waals surface area contributed by atoms with Crippen LogP contribution in [0, 0.1) is 12.8 Å². The van der Waals surface area contributed by atoms with E-state index < -0.39 is 10.0 Å². The molecule has 0 spiro atoms. The first-order valence-electron chi connectivity index (χ1n) is 8.26. The van der Waals surface area contributed by atoms with Gasteiger partial charge in [0, 0.05) is 31.5 Å². The molecule has 1 fully saturated rings. The molecule has 0 N–H and O–H groups in total. The zero-order valence-electron chi connectivity index (χ0n) is 14.1. The predicted octanol–water partition coefficient (Wildman–Crippen LogP) is 3.52. The van der Waals surface area contributed by atoms with Gasteiger partial charge in [0.05, 0.1) is 11.5 Å². The Kier molecular flexibility index (Phi) is 5.61. The number of sulfonamides is 1. The summed E-state index contributed by atoms with van der Waals surface area (Å²) in [7, 11) is -3.42. The number of aryl methyl sites for hydroxylation is 1. The van der Waals surface area contributed by atoms with Crippen LogP contribution in [0.1, 0.15) is 18.4 Å². The fourth-order valence-electron chi connectivity index (χ4n) is 2.93. The topological polar surface area (TPSA) is 59.5 Å². The van der Waals surface area contributed by atoms with Gasteiger partial charge in [-0.2, -0.15) is 4.31 Å². The molecular weight excluding hydrogens is 360 g/mol. The molecule has 3 rings (SSSR count). The molecule has 0 amide bonds. The van der Waals surface area contributed by atoms with Gasteiger partial charge in [0.25, 0.3) is 0 Å². The average Bonchev–Trinajstić information content (AvgIpc) is 2.61. The predicted molar refractivity (Wildman–Crippen MR) is 97.4 cm³/mol. The number of ether oxygens (including phenoxy) is 1. The van der Waals surface area contributed by atoms with Crippen LogP contribution in [0.2, 0.25) is 5.02 Å². The lowest BCUT2D eigenvalue weighted by Crippen LogP contribution is -2.39. The molecule has 0 saturated carbocycles. The molecular formula is C18H21ClN2O3S. The summed E-state index contributed by atoms with van der Waals surface area (Å²) in [4.78, 5) is 4.29. The Morgan fingerprint density at radius 1 is 1.28 bits per heavy atom. The normalized spacial score (nSPS) is 16.7. The second-order valence-electron chi connectivity index (χ2n) is 6.28. The Balaban J connectivity index is 1.57. The molecule has 1 aromatic carbocycles. The van der Waals surface area contributed by atoms with Crippen molar-refractivity contribution in [3.05, 3.63) is 53.3 Å². The molecule has 7 heteroatoms. The quantitative estimate of drug-likeness (QED) is 0.796. The van der Waals surface area contributed by atoms with Crippen LogP contribution in [0.5, 0.6) is 5.75 Å². The maximum atomic E-state index is 12.7. The van der Waals surface area contributed by atoms with Crippen LogP contribution in [-0.2, 0) is 10.0 Å². The van der Waals surface area contributed by atoms with Crippen LogP contribution in [0.3, 0.4) is 0 Å². The van der Waals surface area contributed by atoms with Crippen LogP contribution in [0.25, 0.3) is 0 Å². The summed E-state index contributed by atoms with van der Waals surface area (Å²) in [5.41, 5.74) is 0.943. The maximum Gasteiger partial charge on any atom is 0.243 e. The molecule has 0 radical (unpaired) electrons. The maximum absolute atomic E-state index is 12.7. The minimum Gasteiger partial charge on any atom is -0.492 e. The second-order valence-corrected chi connectivity index (χ2v) is 8.63. The van der Waals surface area contributed by atoms with E-state index in [0.29, 0.717) is 41.3 Å². The number of rotatable bonds is 5. The van der Waals surface area contributed by atoms with Crippen LogP contribution >= 0.6 is 11.6 Å². The van der Waals surface area contributed by atoms with Crippen molar-refractivity contribution in [2.24, 2.45) is 5.92 Å². The summed E-state index contributed by atoms with van der Waals surface area (Å²) in [6, 6.07) is 8.78. The monoisotopic (exact) mass is 380 g/mol. The Bertz CT molecular complexity index is 834. The molecule has 25 heavy (non-hydrogen) atoms. The molecule has 2 heterocycles. The summed E-state index contributed by atoms with van der Waals surface area (Å²) >= 11 is 6.03. The Labute approximate surface area is 153 Å². The van der Waals surface area contributed by atoms with Gasteiger partial charge < -0.3 is 4.74 Å². The van der Waals surface area contributed by atoms with Gasteiger partial charge in [0.1, 0.15) is 10.8 Å². The van der Waals surface area contributed by atoms with Gasteiger partial charge in [-0.3, -0.25) is 4.98 Å². The van der Waals surface area contributed by atoms with Crippen LogP contribution in [0.4, 0.5) is 0 Å². The van der Waals surface area contributed by atoms with E-state index in [1.165, 1.54) is 0 Å². The summed E-state index contributed by atoms with van der Waals surface area (Å²) in [5.74, 6) is 0.930. The first-order valence-corrected chi connectivity index (χ1v) is 10.1. The Morgan fingerprint density at radius 3 is 2.72 bits per heavy atom. The van der Waals surface area contributed by atoms with Crippen molar-refractivity contribution in [2.45, 2.75) is 24.7 Å². The summed E-state index contributed by atoms with van der Waals surface area (Å²) in [6.45, 7) is 3.44. The third kappa shape index (κ3) is 4.32. The Hall–Kier alpha value is -1.63. The highest BCUT2D eigenvalue weighted by Gasteiger charge is 2.29. The molecule has 1 aromatic heterocycles. The molecule has 1 aliphatic rings. The lowest BCUT2D eigenvalue weighted by Gasteiger charge is -2.31. The first-order chi connectivity index (χ1) is 12.0. The molecule has 2 aromatic rings. The van der Waals surface area contributed by atoms with E-state index in [-0.39, 0.29) is 0 Å². The largest absolute Gasteiger partial charge is 0.492 e. The molecule has 0 atom stereocenters. The zero-order chi connectivity index (χ0) is 17.9. The van der Waals surface area contributed by atoms with Crippen LogP contribution in [0.15, 0.2) is 47.6 Å². The van der Waals surface area contributed by atoms with Crippen molar-refractivity contribution in [2.75, 3.05) is 19.7 Å². The fourth-order valence-corrected chi connectivity index (χ4v) is 4.68. The number of piperidine rings is 1. The lowest BCUT2D eigenvalue weighted by atomic mass is 9.99. The molecule has 0 unspecified atom stereocenters. The number of aromatic nitrogens is 1. The van der Waals surface area contributed by atoms with Crippen LogP contribution < -0.4 is 4.74 Å². The molecule has 5 nitrogen and oxygen atoms in total. The average molecular weight is 381 g/mol. The van der Waals surface area contributed by atoms with Gasteiger partial charge in [0.2, 0.25) is 10.0 Å². The summed E-state index contributed by atoms with van der Waals surface area (Å²) < 4.78 is 32.8. The van der Waals surface area contributed by atoms with E-state index in [0.717, 1.165) is 18.4 Å². The highest BCUT2D eigenvalue weighted by atomic mass is 35.5.